The van der Waals surface area contributed by atoms with Crippen molar-refractivity contribution in [3.8, 4) is 11.5 Å². The molecule has 0 heterocycles. The van der Waals surface area contributed by atoms with Gasteiger partial charge in [0, 0.05) is 12.0 Å². The van der Waals surface area contributed by atoms with Gasteiger partial charge in [-0.25, -0.2) is 0 Å². The van der Waals surface area contributed by atoms with Gasteiger partial charge in [-0.15, -0.1) is 0 Å². The number of ether oxygens (including phenoxy) is 2. The maximum atomic E-state index is 11.7. The van der Waals surface area contributed by atoms with E-state index in [4.69, 9.17) is 9.47 Å². The number of hydrogen-bond donors (Lipinski definition) is 0. The molecule has 3 nitrogen and oxygen atoms in total. The van der Waals surface area contributed by atoms with E-state index in [1.54, 1.807) is 13.4 Å². The van der Waals surface area contributed by atoms with E-state index in [0.29, 0.717) is 12.4 Å². The molecule has 102 valence electrons. The van der Waals surface area contributed by atoms with Gasteiger partial charge in [0.1, 0.15) is 0 Å². The Labute approximate surface area is 110 Å². The summed E-state index contributed by atoms with van der Waals surface area (Å²) in [6, 6.07) is 5.83. The zero-order valence-corrected chi connectivity index (χ0v) is 12.4. The van der Waals surface area contributed by atoms with Crippen molar-refractivity contribution in [3.05, 3.63) is 23.8 Å². The van der Waals surface area contributed by atoms with Crippen LogP contribution in [-0.4, -0.2) is 35.8 Å². The minimum atomic E-state index is -1.98. The zero-order valence-electron chi connectivity index (χ0n) is 11.6. The summed E-state index contributed by atoms with van der Waals surface area (Å²) in [5.41, 5.74) is 1.09. The second-order valence-corrected chi connectivity index (χ2v) is 7.30. The first-order chi connectivity index (χ1) is 8.37. The topological polar surface area (TPSA) is 35.5 Å². The molecule has 1 aromatic carbocycles. The Morgan fingerprint density at radius 1 is 1.39 bits per heavy atom. The molecule has 1 aromatic rings. The first-order valence-corrected chi connectivity index (χ1v) is 8.28. The van der Waals surface area contributed by atoms with Gasteiger partial charge >= 0.3 is 0 Å². The Hall–Kier alpha value is -1.16. The third-order valence-electron chi connectivity index (χ3n) is 2.66. The molecule has 0 saturated carbocycles. The first-order valence-electron chi connectivity index (χ1n) is 5.98. The van der Waals surface area contributed by atoms with E-state index in [1.807, 2.05) is 32.0 Å². The molecule has 0 radical (unpaired) electrons. The average Bonchev–Trinajstić information content (AvgIpc) is 2.27. The maximum absolute atomic E-state index is 11.7. The molecule has 4 heteroatoms. The highest BCUT2D eigenvalue weighted by Crippen LogP contribution is 2.31. The molecule has 0 aliphatic rings. The number of rotatable bonds is 6. The second-order valence-electron chi connectivity index (χ2n) is 4.59. The molecular formula is C14H22O3S. The van der Waals surface area contributed by atoms with Gasteiger partial charge < -0.3 is 9.47 Å². The van der Waals surface area contributed by atoms with Gasteiger partial charge in [0.25, 0.3) is 0 Å². The molecule has 2 atom stereocenters. The monoisotopic (exact) mass is 270 g/mol. The van der Waals surface area contributed by atoms with Crippen LogP contribution >= 0.6 is 0 Å². The van der Waals surface area contributed by atoms with Crippen LogP contribution in [0.4, 0.5) is 0 Å². The number of methoxy groups -OCH3 is 1. The molecule has 18 heavy (non-hydrogen) atoms. The molecule has 1 rings (SSSR count). The second kappa shape index (κ2) is 6.14. The number of benzene rings is 1. The van der Waals surface area contributed by atoms with Crippen LogP contribution in [0.15, 0.2) is 18.2 Å². The molecule has 0 aromatic heterocycles. The summed E-state index contributed by atoms with van der Waals surface area (Å²) < 4.78 is 22.5. The van der Waals surface area contributed by atoms with Crippen LogP contribution in [-0.2, 0) is 9.52 Å². The van der Waals surface area contributed by atoms with Crippen molar-refractivity contribution in [2.24, 2.45) is 0 Å². The van der Waals surface area contributed by atoms with Gasteiger partial charge in [0.15, 0.2) is 11.5 Å². The van der Waals surface area contributed by atoms with Crippen molar-refractivity contribution in [3.63, 3.8) is 0 Å². The van der Waals surface area contributed by atoms with Gasteiger partial charge in [-0.3, -0.25) is 4.21 Å². The fourth-order valence-electron chi connectivity index (χ4n) is 1.89. The van der Waals surface area contributed by atoms with E-state index in [-0.39, 0.29) is 5.92 Å². The van der Waals surface area contributed by atoms with Crippen molar-refractivity contribution in [1.82, 2.24) is 0 Å². The Balaban J connectivity index is 3.00. The molecular weight excluding hydrogens is 248 g/mol. The summed E-state index contributed by atoms with van der Waals surface area (Å²) in [7, 11) is -0.364. The highest BCUT2D eigenvalue weighted by atomic mass is 32.2. The SMILES string of the molecule is C=[S@](C)(=O)C[C@@H](C)c1ccc(OC)c(OCC)c1. The average molecular weight is 270 g/mol. The molecule has 0 aliphatic carbocycles. The van der Waals surface area contributed by atoms with Crippen LogP contribution in [0.3, 0.4) is 0 Å². The summed E-state index contributed by atoms with van der Waals surface area (Å²) in [6.07, 6.45) is 1.69. The van der Waals surface area contributed by atoms with Crippen LogP contribution in [0.25, 0.3) is 0 Å². The predicted molar refractivity (Wildman–Crippen MR) is 78.6 cm³/mol. The molecule has 0 aliphatic heterocycles. The predicted octanol–water partition coefficient (Wildman–Crippen LogP) is 2.54. The van der Waals surface area contributed by atoms with E-state index < -0.39 is 9.52 Å². The van der Waals surface area contributed by atoms with Gasteiger partial charge in [-0.2, -0.15) is 0 Å². The number of hydrogen-bond acceptors (Lipinski definition) is 3. The quantitative estimate of drug-likeness (QED) is 0.745. The third kappa shape index (κ3) is 4.26. The summed E-state index contributed by atoms with van der Waals surface area (Å²) in [4.78, 5) is 0. The summed E-state index contributed by atoms with van der Waals surface area (Å²) in [6.45, 7) is 4.57. The first kappa shape index (κ1) is 14.9. The lowest BCUT2D eigenvalue weighted by Gasteiger charge is -2.16. The molecule has 0 amide bonds. The van der Waals surface area contributed by atoms with E-state index in [1.165, 1.54) is 0 Å². The summed E-state index contributed by atoms with van der Waals surface area (Å²) in [5.74, 6) is 5.91. The molecule has 0 N–H and O–H groups in total. The van der Waals surface area contributed by atoms with E-state index >= 15 is 0 Å². The van der Waals surface area contributed by atoms with Crippen LogP contribution < -0.4 is 9.47 Å². The molecule has 0 fully saturated rings. The van der Waals surface area contributed by atoms with E-state index in [2.05, 4.69) is 5.87 Å². The van der Waals surface area contributed by atoms with Gasteiger partial charge in [-0.05, 0) is 45.9 Å². The Kier molecular flexibility index (Phi) is 5.08. The van der Waals surface area contributed by atoms with Gasteiger partial charge in [0.05, 0.1) is 13.7 Å². The Morgan fingerprint density at radius 3 is 2.56 bits per heavy atom. The highest BCUT2D eigenvalue weighted by Gasteiger charge is 2.12. The standard InChI is InChI=1S/C14H22O3S/c1-6-17-14-9-12(7-8-13(14)16-3)11(2)10-18(4,5)15/h7-9,11H,4,6,10H2,1-3,5H3/t11-,18-/m1/s1. The third-order valence-corrected chi connectivity index (χ3v) is 3.86. The van der Waals surface area contributed by atoms with E-state index in [9.17, 15) is 4.21 Å². The maximum Gasteiger partial charge on any atom is 0.161 e. The molecule has 0 saturated heterocycles. The molecule has 0 unspecified atom stereocenters. The van der Waals surface area contributed by atoms with Gasteiger partial charge in [0.2, 0.25) is 0 Å². The van der Waals surface area contributed by atoms with Crippen molar-refractivity contribution in [2.45, 2.75) is 19.8 Å². The Morgan fingerprint density at radius 2 is 2.06 bits per heavy atom. The lowest BCUT2D eigenvalue weighted by molar-refractivity contribution is 0.310. The highest BCUT2D eigenvalue weighted by molar-refractivity contribution is 7.99. The van der Waals surface area contributed by atoms with Crippen molar-refractivity contribution in [1.29, 1.82) is 0 Å². The summed E-state index contributed by atoms with van der Waals surface area (Å²) >= 11 is 0. The normalized spacial score (nSPS) is 15.8. The minimum absolute atomic E-state index is 0.185. The van der Waals surface area contributed by atoms with Crippen molar-refractivity contribution in [2.75, 3.05) is 25.7 Å². The summed E-state index contributed by atoms with van der Waals surface area (Å²) in [5, 5.41) is 0. The van der Waals surface area contributed by atoms with Crippen molar-refractivity contribution >= 4 is 15.4 Å². The fourth-order valence-corrected chi connectivity index (χ4v) is 3.14. The van der Waals surface area contributed by atoms with Crippen LogP contribution in [0.2, 0.25) is 0 Å². The Bertz CT molecular complexity index is 492. The van der Waals surface area contributed by atoms with Crippen LogP contribution in [0, 0.1) is 0 Å². The minimum Gasteiger partial charge on any atom is -0.493 e. The van der Waals surface area contributed by atoms with Gasteiger partial charge in [-0.1, -0.05) is 13.0 Å². The van der Waals surface area contributed by atoms with E-state index in [0.717, 1.165) is 17.1 Å². The molecule has 0 bridgehead atoms. The largest absolute Gasteiger partial charge is 0.493 e. The smallest absolute Gasteiger partial charge is 0.161 e. The lowest BCUT2D eigenvalue weighted by Crippen LogP contribution is -2.10. The fraction of sp³-hybridized carbons (Fsp3) is 0.500. The molecule has 0 spiro atoms. The lowest BCUT2D eigenvalue weighted by atomic mass is 10.0. The van der Waals surface area contributed by atoms with Crippen LogP contribution in [0.1, 0.15) is 25.3 Å². The zero-order chi connectivity index (χ0) is 13.8. The van der Waals surface area contributed by atoms with Crippen LogP contribution in [0.5, 0.6) is 11.5 Å². The van der Waals surface area contributed by atoms with Crippen molar-refractivity contribution < 1.29 is 13.7 Å².